The molecule has 12 heteroatoms. The molecule has 2 rings (SSSR count). The van der Waals surface area contributed by atoms with Crippen LogP contribution in [0.15, 0.2) is 15.9 Å². The lowest BCUT2D eigenvalue weighted by molar-refractivity contribution is -0.142. The Morgan fingerprint density at radius 1 is 1.12 bits per heavy atom. The van der Waals surface area contributed by atoms with E-state index in [1.807, 2.05) is 0 Å². The second-order valence-electron chi connectivity index (χ2n) is 5.54. The second-order valence-corrected chi connectivity index (χ2v) is 5.54. The highest BCUT2D eigenvalue weighted by Gasteiger charge is 2.28. The summed E-state index contributed by atoms with van der Waals surface area (Å²) in [6.07, 6.45) is -3.70. The summed E-state index contributed by atoms with van der Waals surface area (Å²) < 4.78 is 4.11. The number of aliphatic hydroxyl groups excluding tert-OH is 5. The first-order valence-corrected chi connectivity index (χ1v) is 7.44. The van der Waals surface area contributed by atoms with Crippen LogP contribution < -0.4 is 11.2 Å². The van der Waals surface area contributed by atoms with Crippen LogP contribution in [0.5, 0.6) is 0 Å². The number of ketones is 1. The molecule has 0 saturated heterocycles. The normalized spacial score (nSPS) is 14.5. The van der Waals surface area contributed by atoms with E-state index < -0.39 is 37.3 Å². The molecule has 0 aliphatic rings. The van der Waals surface area contributed by atoms with E-state index in [0.717, 1.165) is 4.57 Å². The predicted octanol–water partition coefficient (Wildman–Crippen LogP) is -4.41. The Labute approximate surface area is 146 Å². The molecule has 26 heavy (non-hydrogen) atoms. The lowest BCUT2D eigenvalue weighted by atomic mass is 10.1. The number of fused-ring (bicyclic) bond motifs is 1. The molecule has 0 spiro atoms. The minimum atomic E-state index is -1.86. The van der Waals surface area contributed by atoms with Crippen LogP contribution in [0, 0.1) is 0 Å². The third-order valence-corrected chi connectivity index (χ3v) is 3.70. The summed E-state index contributed by atoms with van der Waals surface area (Å²) in [4.78, 5) is 37.6. The highest BCUT2D eigenvalue weighted by atomic mass is 16.4. The zero-order valence-electron chi connectivity index (χ0n) is 14.5. The van der Waals surface area contributed by atoms with Gasteiger partial charge in [-0.1, -0.05) is 0 Å². The lowest BCUT2D eigenvalue weighted by Crippen LogP contribution is -2.44. The van der Waals surface area contributed by atoms with Gasteiger partial charge in [0.25, 0.3) is 5.56 Å². The van der Waals surface area contributed by atoms with E-state index in [4.69, 9.17) is 25.5 Å². The van der Waals surface area contributed by atoms with E-state index in [9.17, 15) is 14.4 Å². The SMILES string of the molecule is Cn1c(=O)c2ncn(C)c2n(C)c1=O.O=C(CO)[C@H](O)[C@@H](O)[C@@H](O)CO. The first-order chi connectivity index (χ1) is 12.1. The van der Waals surface area contributed by atoms with Gasteiger partial charge in [0, 0.05) is 21.1 Å². The van der Waals surface area contributed by atoms with Gasteiger partial charge in [0.15, 0.2) is 11.3 Å². The third-order valence-electron chi connectivity index (χ3n) is 3.70. The summed E-state index contributed by atoms with van der Waals surface area (Å²) in [6.45, 7) is -1.69. The van der Waals surface area contributed by atoms with Gasteiger partial charge in [0.05, 0.1) is 12.9 Å². The zero-order chi connectivity index (χ0) is 20.2. The molecular weight excluding hydrogens is 352 g/mol. The second kappa shape index (κ2) is 8.82. The number of aryl methyl sites for hydroxylation is 2. The Morgan fingerprint density at radius 2 is 1.69 bits per heavy atom. The number of hydrogen-bond acceptors (Lipinski definition) is 9. The number of carbonyl (C=O) groups is 1. The number of aromatic nitrogens is 4. The van der Waals surface area contributed by atoms with Crippen molar-refractivity contribution in [1.29, 1.82) is 0 Å². The number of Topliss-reactive ketones (excluding diaryl/α,β-unsaturated/α-hetero) is 1. The highest BCUT2D eigenvalue weighted by Crippen LogP contribution is 2.02. The van der Waals surface area contributed by atoms with Crippen molar-refractivity contribution < 1.29 is 30.3 Å². The Kier molecular flexibility index (Phi) is 7.35. The molecule has 2 aromatic heterocycles. The van der Waals surface area contributed by atoms with Crippen molar-refractivity contribution in [2.24, 2.45) is 21.1 Å². The monoisotopic (exact) mass is 374 g/mol. The Balaban J connectivity index is 0.000000265. The summed E-state index contributed by atoms with van der Waals surface area (Å²) in [5.41, 5.74) is 0.157. The fraction of sp³-hybridized carbons (Fsp3) is 0.571. The van der Waals surface area contributed by atoms with Crippen molar-refractivity contribution in [3.63, 3.8) is 0 Å². The molecule has 146 valence electrons. The molecule has 5 N–H and O–H groups in total. The molecule has 0 aliphatic carbocycles. The zero-order valence-corrected chi connectivity index (χ0v) is 14.5. The molecule has 0 radical (unpaired) electrons. The first-order valence-electron chi connectivity index (χ1n) is 7.44. The average molecular weight is 374 g/mol. The Morgan fingerprint density at radius 3 is 2.19 bits per heavy atom. The molecule has 0 unspecified atom stereocenters. The molecule has 0 saturated carbocycles. The van der Waals surface area contributed by atoms with Crippen LogP contribution in [-0.4, -0.2) is 81.5 Å². The fourth-order valence-electron chi connectivity index (χ4n) is 2.13. The maximum atomic E-state index is 11.6. The molecule has 0 amide bonds. The molecule has 2 aromatic rings. The van der Waals surface area contributed by atoms with Crippen molar-refractivity contribution in [3.8, 4) is 0 Å². The van der Waals surface area contributed by atoms with Gasteiger partial charge in [-0.25, -0.2) is 9.78 Å². The minimum absolute atomic E-state index is 0.317. The topological polar surface area (TPSA) is 180 Å². The molecule has 0 bridgehead atoms. The van der Waals surface area contributed by atoms with Gasteiger partial charge in [-0.3, -0.25) is 18.7 Å². The largest absolute Gasteiger partial charge is 0.394 e. The Hall–Kier alpha value is -2.38. The molecule has 12 nitrogen and oxygen atoms in total. The van der Waals surface area contributed by atoms with Crippen LogP contribution in [0.3, 0.4) is 0 Å². The van der Waals surface area contributed by atoms with Crippen LogP contribution in [0.1, 0.15) is 0 Å². The van der Waals surface area contributed by atoms with Crippen LogP contribution in [0.25, 0.3) is 11.2 Å². The van der Waals surface area contributed by atoms with E-state index in [2.05, 4.69) is 4.98 Å². The summed E-state index contributed by atoms with van der Waals surface area (Å²) in [6, 6.07) is 0. The molecule has 2 heterocycles. The summed E-state index contributed by atoms with van der Waals surface area (Å²) >= 11 is 0. The van der Waals surface area contributed by atoms with Gasteiger partial charge in [-0.15, -0.1) is 0 Å². The number of imidazole rings is 1. The maximum Gasteiger partial charge on any atom is 0.332 e. The summed E-state index contributed by atoms with van der Waals surface area (Å²) in [7, 11) is 4.80. The first kappa shape index (κ1) is 21.7. The van der Waals surface area contributed by atoms with Gasteiger partial charge >= 0.3 is 5.69 Å². The smallest absolute Gasteiger partial charge is 0.332 e. The van der Waals surface area contributed by atoms with Crippen molar-refractivity contribution in [1.82, 2.24) is 18.7 Å². The molecule has 0 aliphatic heterocycles. The molecule has 0 aromatic carbocycles. The van der Waals surface area contributed by atoms with Crippen LogP contribution in [0.4, 0.5) is 0 Å². The number of aliphatic hydroxyl groups is 5. The van der Waals surface area contributed by atoms with Crippen LogP contribution >= 0.6 is 0 Å². The van der Waals surface area contributed by atoms with Gasteiger partial charge < -0.3 is 30.1 Å². The predicted molar refractivity (Wildman–Crippen MR) is 88.4 cm³/mol. The van der Waals surface area contributed by atoms with Gasteiger partial charge in [-0.2, -0.15) is 0 Å². The van der Waals surface area contributed by atoms with Gasteiger partial charge in [-0.05, 0) is 0 Å². The highest BCUT2D eigenvalue weighted by molar-refractivity contribution is 5.84. The number of rotatable bonds is 5. The minimum Gasteiger partial charge on any atom is -0.394 e. The van der Waals surface area contributed by atoms with E-state index in [1.165, 1.54) is 17.9 Å². The van der Waals surface area contributed by atoms with E-state index in [0.29, 0.717) is 11.2 Å². The maximum absolute atomic E-state index is 11.6. The summed E-state index contributed by atoms with van der Waals surface area (Å²) in [5.74, 6) is -1.00. The average Bonchev–Trinajstić information content (AvgIpc) is 3.04. The number of carbonyl (C=O) groups excluding carboxylic acids is 1. The number of nitrogens with zero attached hydrogens (tertiary/aromatic N) is 4. The van der Waals surface area contributed by atoms with Crippen molar-refractivity contribution in [2.75, 3.05) is 13.2 Å². The van der Waals surface area contributed by atoms with Crippen LogP contribution in [-0.2, 0) is 25.9 Å². The van der Waals surface area contributed by atoms with E-state index in [-0.39, 0.29) is 11.2 Å². The molecular formula is C14H22N4O8. The van der Waals surface area contributed by atoms with Crippen molar-refractivity contribution >= 4 is 16.9 Å². The van der Waals surface area contributed by atoms with Crippen molar-refractivity contribution in [2.45, 2.75) is 18.3 Å². The molecule has 0 fully saturated rings. The van der Waals surface area contributed by atoms with E-state index in [1.54, 1.807) is 18.7 Å². The van der Waals surface area contributed by atoms with Gasteiger partial charge in [0.2, 0.25) is 0 Å². The standard InChI is InChI=1S/C8H10N4O2.C6H12O6/c1-10-4-9-5-6(10)11(2)8(14)12(3)7(5)13;7-1-3(9)5(11)6(12)4(10)2-8/h4H,1-3H3;3,5-9,11-12H,1-2H2/t;3-,5-,6-/m.0/s1. The lowest BCUT2D eigenvalue weighted by Gasteiger charge is -2.19. The van der Waals surface area contributed by atoms with Gasteiger partial charge in [0.1, 0.15) is 30.6 Å². The van der Waals surface area contributed by atoms with Crippen molar-refractivity contribution in [3.05, 3.63) is 27.2 Å². The quantitative estimate of drug-likeness (QED) is 0.345. The fourth-order valence-corrected chi connectivity index (χ4v) is 2.13. The van der Waals surface area contributed by atoms with E-state index >= 15 is 0 Å². The number of hydrogen-bond donors (Lipinski definition) is 5. The summed E-state index contributed by atoms with van der Waals surface area (Å²) in [5, 5.41) is 43.1. The Bertz CT molecular complexity index is 883. The third kappa shape index (κ3) is 4.23. The van der Waals surface area contributed by atoms with Crippen LogP contribution in [0.2, 0.25) is 0 Å². The molecule has 3 atom stereocenters.